The molecule has 0 aliphatic heterocycles. The van der Waals surface area contributed by atoms with Crippen LogP contribution < -0.4 is 16.0 Å². The standard InChI is InChI=1S/C28H31BrN4O5.C21H18BrN3O4/c1-18(26(35)38-28(2,3)4)32-25(34)23(33-27(36)37-17-20-8-6-5-7-9-20)14-19-10-12-21(13-11-19)24-30-15-22(29)16-31-24;22-17-11-23-19(24-12-17)16-8-6-14(7-9-16)10-18(20(26)27)25-21(28)29-13-15-4-2-1-3-5-15/h5-13,15-16,18,23H,14,17H2,1-4H3,(H,32,34)(H,33,36);1-9,11-12,18H,10,13H2,(H,25,28)(H,26,27)/t18-,23+;18-/m10/s1. The van der Waals surface area contributed by atoms with Gasteiger partial charge in [-0.1, -0.05) is 109 Å². The van der Waals surface area contributed by atoms with Gasteiger partial charge >= 0.3 is 24.1 Å². The molecule has 0 saturated carbocycles. The summed E-state index contributed by atoms with van der Waals surface area (Å²) < 4.78 is 17.3. The number of hydrogen-bond donors (Lipinski definition) is 4. The van der Waals surface area contributed by atoms with Crippen molar-refractivity contribution in [1.29, 1.82) is 0 Å². The SMILES string of the molecule is C[C@@H](NC(=O)[C@H](Cc1ccc(-c2ncc(Br)cn2)cc1)NC(=O)OCc1ccccc1)C(=O)OC(C)(C)C.O=C(N[C@@H](Cc1ccc(-c2ncc(Br)cn2)cc1)C(=O)O)OCc1ccccc1. The third-order valence-electron chi connectivity index (χ3n) is 9.29. The number of carboxylic acids is 1. The average molecular weight is 1040 g/mol. The van der Waals surface area contributed by atoms with Crippen LogP contribution in [0.2, 0.25) is 0 Å². The quantitative estimate of drug-likeness (QED) is 0.0529. The Labute approximate surface area is 404 Å². The van der Waals surface area contributed by atoms with Crippen molar-refractivity contribution in [3.05, 3.63) is 165 Å². The van der Waals surface area contributed by atoms with E-state index in [1.165, 1.54) is 6.92 Å². The van der Waals surface area contributed by atoms with E-state index < -0.39 is 53.8 Å². The maximum atomic E-state index is 13.1. The Hall–Kier alpha value is -7.05. The first kappa shape index (κ1) is 50.9. The van der Waals surface area contributed by atoms with Gasteiger partial charge in [0.15, 0.2) is 11.6 Å². The number of hydrogen-bond acceptors (Lipinski definition) is 12. The molecule has 348 valence electrons. The molecule has 0 radical (unpaired) electrons. The molecule has 0 fully saturated rings. The highest BCUT2D eigenvalue weighted by Gasteiger charge is 2.28. The lowest BCUT2D eigenvalue weighted by Crippen LogP contribution is -2.52. The van der Waals surface area contributed by atoms with Crippen LogP contribution in [0.15, 0.2) is 143 Å². The predicted molar refractivity (Wildman–Crippen MR) is 256 cm³/mol. The third kappa shape index (κ3) is 17.7. The van der Waals surface area contributed by atoms with Crippen LogP contribution in [0.4, 0.5) is 9.59 Å². The zero-order chi connectivity index (χ0) is 48.3. The molecule has 0 saturated heterocycles. The minimum absolute atomic E-state index is 0.0528. The Bertz CT molecular complexity index is 2550. The van der Waals surface area contributed by atoms with Gasteiger partial charge in [0.25, 0.3) is 0 Å². The van der Waals surface area contributed by atoms with E-state index in [-0.39, 0.29) is 26.1 Å². The lowest BCUT2D eigenvalue weighted by Gasteiger charge is -2.24. The summed E-state index contributed by atoms with van der Waals surface area (Å²) in [6.45, 7) is 6.89. The van der Waals surface area contributed by atoms with Crippen molar-refractivity contribution in [2.24, 2.45) is 0 Å². The fraction of sp³-hybridized carbons (Fsp3) is 0.245. The van der Waals surface area contributed by atoms with Crippen LogP contribution in [0.3, 0.4) is 0 Å². The van der Waals surface area contributed by atoms with Gasteiger partial charge in [-0.2, -0.15) is 0 Å². The van der Waals surface area contributed by atoms with E-state index in [0.717, 1.165) is 42.3 Å². The van der Waals surface area contributed by atoms with Crippen LogP contribution >= 0.6 is 31.9 Å². The highest BCUT2D eigenvalue weighted by Crippen LogP contribution is 2.20. The average Bonchev–Trinajstić information content (AvgIpc) is 3.31. The van der Waals surface area contributed by atoms with Gasteiger partial charge < -0.3 is 35.3 Å². The van der Waals surface area contributed by atoms with E-state index in [1.54, 1.807) is 57.7 Å². The van der Waals surface area contributed by atoms with E-state index >= 15 is 0 Å². The molecule has 0 aliphatic rings. The van der Waals surface area contributed by atoms with E-state index in [2.05, 4.69) is 67.7 Å². The molecule has 2 heterocycles. The second-order valence-corrected chi connectivity index (χ2v) is 17.7. The first-order valence-corrected chi connectivity index (χ1v) is 22.4. The molecule has 2 aromatic heterocycles. The van der Waals surface area contributed by atoms with E-state index in [9.17, 15) is 29.1 Å². The van der Waals surface area contributed by atoms with Crippen molar-refractivity contribution in [3.8, 4) is 22.8 Å². The second kappa shape index (κ2) is 25.0. The highest BCUT2D eigenvalue weighted by molar-refractivity contribution is 9.10. The summed E-state index contributed by atoms with van der Waals surface area (Å²) >= 11 is 6.61. The Balaban J connectivity index is 0.000000260. The molecule has 6 aromatic rings. The molecule has 6 rings (SSSR count). The van der Waals surface area contributed by atoms with Crippen LogP contribution in [-0.4, -0.2) is 78.8 Å². The zero-order valence-electron chi connectivity index (χ0n) is 37.0. The number of carboxylic acid groups (broad SMARTS) is 1. The molecule has 0 bridgehead atoms. The van der Waals surface area contributed by atoms with Crippen LogP contribution in [0, 0.1) is 0 Å². The molecular formula is C49H49Br2N7O9. The lowest BCUT2D eigenvalue weighted by atomic mass is 10.0. The first-order valence-electron chi connectivity index (χ1n) is 20.9. The van der Waals surface area contributed by atoms with Crippen molar-refractivity contribution in [1.82, 2.24) is 35.9 Å². The molecule has 3 amide bonds. The Morgan fingerprint density at radius 2 is 0.955 bits per heavy atom. The molecule has 0 unspecified atom stereocenters. The van der Waals surface area contributed by atoms with E-state index in [4.69, 9.17) is 14.2 Å². The largest absolute Gasteiger partial charge is 0.480 e. The number of nitrogens with zero attached hydrogens (tertiary/aromatic N) is 4. The summed E-state index contributed by atoms with van der Waals surface area (Å²) in [6.07, 6.45) is 5.39. The number of nitrogens with one attached hydrogen (secondary N) is 3. The van der Waals surface area contributed by atoms with Crippen LogP contribution in [0.1, 0.15) is 49.9 Å². The Kier molecular flexibility index (Phi) is 19.0. The van der Waals surface area contributed by atoms with Gasteiger partial charge in [0, 0.05) is 48.8 Å². The number of benzene rings is 4. The maximum absolute atomic E-state index is 13.1. The molecule has 3 atom stereocenters. The van der Waals surface area contributed by atoms with E-state index in [1.807, 2.05) is 97.1 Å². The minimum Gasteiger partial charge on any atom is -0.480 e. The van der Waals surface area contributed by atoms with Gasteiger partial charge in [0.05, 0.1) is 8.95 Å². The maximum Gasteiger partial charge on any atom is 0.408 e. The lowest BCUT2D eigenvalue weighted by molar-refractivity contribution is -0.158. The molecule has 4 N–H and O–H groups in total. The third-order valence-corrected chi connectivity index (χ3v) is 10.1. The Morgan fingerprint density at radius 1 is 0.567 bits per heavy atom. The fourth-order valence-corrected chi connectivity index (χ4v) is 6.37. The highest BCUT2D eigenvalue weighted by atomic mass is 79.9. The summed E-state index contributed by atoms with van der Waals surface area (Å²) in [5.74, 6) is -1.13. The molecule has 4 aromatic carbocycles. The normalized spacial score (nSPS) is 12.1. The smallest absolute Gasteiger partial charge is 0.408 e. The molecule has 18 heteroatoms. The van der Waals surface area contributed by atoms with Crippen molar-refractivity contribution in [2.75, 3.05) is 0 Å². The number of aliphatic carboxylic acids is 1. The molecule has 0 spiro atoms. The van der Waals surface area contributed by atoms with Gasteiger partial charge in [0.1, 0.15) is 36.9 Å². The summed E-state index contributed by atoms with van der Waals surface area (Å²) in [5.41, 5.74) is 4.07. The van der Waals surface area contributed by atoms with Crippen molar-refractivity contribution in [3.63, 3.8) is 0 Å². The summed E-state index contributed by atoms with van der Waals surface area (Å²) in [6, 6.07) is 29.9. The number of rotatable bonds is 16. The Morgan fingerprint density at radius 3 is 1.34 bits per heavy atom. The fourth-order valence-electron chi connectivity index (χ4n) is 5.96. The summed E-state index contributed by atoms with van der Waals surface area (Å²) in [7, 11) is 0. The van der Waals surface area contributed by atoms with Crippen molar-refractivity contribution in [2.45, 2.75) is 77.5 Å². The van der Waals surface area contributed by atoms with Gasteiger partial charge in [-0.25, -0.2) is 39.1 Å². The minimum atomic E-state index is -1.14. The van der Waals surface area contributed by atoms with Crippen molar-refractivity contribution < 1.29 is 43.3 Å². The number of aromatic nitrogens is 4. The van der Waals surface area contributed by atoms with Gasteiger partial charge in [-0.05, 0) is 81.8 Å². The predicted octanol–water partition coefficient (Wildman–Crippen LogP) is 8.42. The van der Waals surface area contributed by atoms with Crippen LogP contribution in [0.5, 0.6) is 0 Å². The van der Waals surface area contributed by atoms with Crippen molar-refractivity contribution >= 4 is 61.9 Å². The van der Waals surface area contributed by atoms with Crippen LogP contribution in [0.25, 0.3) is 22.8 Å². The van der Waals surface area contributed by atoms with E-state index in [0.29, 0.717) is 11.6 Å². The molecule has 67 heavy (non-hydrogen) atoms. The number of ether oxygens (including phenoxy) is 3. The van der Waals surface area contributed by atoms with Gasteiger partial charge in [-0.3, -0.25) is 4.79 Å². The van der Waals surface area contributed by atoms with Gasteiger partial charge in [0.2, 0.25) is 5.91 Å². The topological polar surface area (TPSA) is 221 Å². The molecule has 16 nitrogen and oxygen atoms in total. The van der Waals surface area contributed by atoms with Crippen LogP contribution in [-0.2, 0) is 54.6 Å². The van der Waals surface area contributed by atoms with Gasteiger partial charge in [-0.15, -0.1) is 0 Å². The first-order chi connectivity index (χ1) is 32.0. The monoisotopic (exact) mass is 1040 g/mol. The molecule has 0 aliphatic carbocycles. The number of esters is 1. The number of alkyl carbamates (subject to hydrolysis) is 2. The number of carbonyl (C=O) groups excluding carboxylic acids is 4. The second-order valence-electron chi connectivity index (χ2n) is 15.9. The number of halogens is 2. The summed E-state index contributed by atoms with van der Waals surface area (Å²) in [4.78, 5) is 78.6. The summed E-state index contributed by atoms with van der Waals surface area (Å²) in [5, 5.41) is 17.1. The zero-order valence-corrected chi connectivity index (χ0v) is 40.2. The number of carbonyl (C=O) groups is 5. The number of amides is 3. The molecular weight excluding hydrogens is 990 g/mol.